The molecule has 0 saturated heterocycles. The molecule has 1 atom stereocenters. The average molecular weight is 222 g/mol. The van der Waals surface area contributed by atoms with Crippen LogP contribution in [0.2, 0.25) is 5.02 Å². The summed E-state index contributed by atoms with van der Waals surface area (Å²) in [5.74, 6) is 0. The number of hydrogen-bond donors (Lipinski definition) is 2. The summed E-state index contributed by atoms with van der Waals surface area (Å²) in [4.78, 5) is 0. The second kappa shape index (κ2) is 4.04. The van der Waals surface area contributed by atoms with E-state index in [-0.39, 0.29) is 6.04 Å². The van der Waals surface area contributed by atoms with Gasteiger partial charge >= 0.3 is 0 Å². The van der Waals surface area contributed by atoms with Crippen molar-refractivity contribution in [1.29, 1.82) is 0 Å². The first-order valence-electron chi connectivity index (χ1n) is 4.73. The monoisotopic (exact) mass is 221 g/mol. The average Bonchev–Trinajstić information content (AvgIpc) is 2.68. The van der Waals surface area contributed by atoms with Crippen molar-refractivity contribution in [3.05, 3.63) is 41.0 Å². The maximum absolute atomic E-state index is 5.81. The third-order valence-corrected chi connectivity index (χ3v) is 2.48. The number of rotatable bonds is 2. The molecule has 15 heavy (non-hydrogen) atoms. The smallest absolute Gasteiger partial charge is 0.0924 e. The molecule has 0 fully saturated rings. The molecule has 1 aromatic heterocycles. The molecule has 3 nitrogen and oxygen atoms in total. The van der Waals surface area contributed by atoms with Gasteiger partial charge < -0.3 is 5.73 Å². The van der Waals surface area contributed by atoms with Gasteiger partial charge in [0.05, 0.1) is 11.4 Å². The number of nitrogens with two attached hydrogens (primary N) is 1. The maximum atomic E-state index is 5.81. The molecule has 0 saturated carbocycles. The van der Waals surface area contributed by atoms with Gasteiger partial charge in [0, 0.05) is 16.6 Å². The topological polar surface area (TPSA) is 54.7 Å². The third-order valence-electron chi connectivity index (χ3n) is 2.23. The number of nitrogens with one attached hydrogen (secondary N) is 1. The van der Waals surface area contributed by atoms with E-state index >= 15 is 0 Å². The highest BCUT2D eigenvalue weighted by Crippen LogP contribution is 2.21. The molecule has 4 heteroatoms. The summed E-state index contributed by atoms with van der Waals surface area (Å²) < 4.78 is 0. The Bertz CT molecular complexity index is 445. The minimum atomic E-state index is -0.0291. The van der Waals surface area contributed by atoms with Crippen molar-refractivity contribution in [2.24, 2.45) is 5.73 Å². The van der Waals surface area contributed by atoms with Gasteiger partial charge in [-0.15, -0.1) is 0 Å². The van der Waals surface area contributed by atoms with E-state index in [0.717, 1.165) is 22.0 Å². The van der Waals surface area contributed by atoms with Crippen molar-refractivity contribution < 1.29 is 0 Å². The maximum Gasteiger partial charge on any atom is 0.0924 e. The van der Waals surface area contributed by atoms with Gasteiger partial charge in [0.1, 0.15) is 0 Å². The lowest BCUT2D eigenvalue weighted by Crippen LogP contribution is -2.04. The van der Waals surface area contributed by atoms with Crippen molar-refractivity contribution in [3.8, 4) is 11.3 Å². The molecule has 0 amide bonds. The minimum Gasteiger partial charge on any atom is -0.323 e. The van der Waals surface area contributed by atoms with Gasteiger partial charge in [-0.1, -0.05) is 23.7 Å². The summed E-state index contributed by atoms with van der Waals surface area (Å²) in [6.07, 6.45) is 0. The number of H-pyrrole nitrogens is 1. The van der Waals surface area contributed by atoms with Crippen LogP contribution in [0, 0.1) is 0 Å². The standard InChI is InChI=1S/C11H12ClN3/c1-7(13)10-6-11(15-14-10)8-2-4-9(12)5-3-8/h2-7H,13H2,1H3,(H,14,15). The summed E-state index contributed by atoms with van der Waals surface area (Å²) in [7, 11) is 0. The molecule has 2 aromatic rings. The Hall–Kier alpha value is -1.32. The molecule has 3 N–H and O–H groups in total. The van der Waals surface area contributed by atoms with Crippen molar-refractivity contribution in [3.63, 3.8) is 0 Å². The molecule has 78 valence electrons. The van der Waals surface area contributed by atoms with Crippen LogP contribution in [0.3, 0.4) is 0 Å². The Kier molecular flexibility index (Phi) is 2.75. The van der Waals surface area contributed by atoms with Crippen LogP contribution in [0.15, 0.2) is 30.3 Å². The molecule has 2 rings (SSSR count). The van der Waals surface area contributed by atoms with Crippen LogP contribution in [0.5, 0.6) is 0 Å². The van der Waals surface area contributed by atoms with Crippen LogP contribution in [-0.4, -0.2) is 10.2 Å². The first kappa shape index (κ1) is 10.2. The lowest BCUT2D eigenvalue weighted by molar-refractivity contribution is 0.772. The predicted molar refractivity (Wildman–Crippen MR) is 61.6 cm³/mol. The molecule has 1 unspecified atom stereocenters. The highest BCUT2D eigenvalue weighted by Gasteiger charge is 2.06. The van der Waals surface area contributed by atoms with Crippen LogP contribution >= 0.6 is 11.6 Å². The molecule has 0 bridgehead atoms. The van der Waals surface area contributed by atoms with E-state index in [4.69, 9.17) is 17.3 Å². The van der Waals surface area contributed by atoms with Crippen LogP contribution < -0.4 is 5.73 Å². The van der Waals surface area contributed by atoms with E-state index in [1.807, 2.05) is 37.3 Å². The van der Waals surface area contributed by atoms with Crippen LogP contribution in [0.25, 0.3) is 11.3 Å². The number of benzene rings is 1. The lowest BCUT2D eigenvalue weighted by atomic mass is 10.1. The molecule has 0 aliphatic rings. The van der Waals surface area contributed by atoms with E-state index in [2.05, 4.69) is 10.2 Å². The Balaban J connectivity index is 2.33. The fourth-order valence-electron chi connectivity index (χ4n) is 1.34. The normalized spacial score (nSPS) is 12.7. The predicted octanol–water partition coefficient (Wildman–Crippen LogP) is 2.75. The largest absolute Gasteiger partial charge is 0.323 e. The molecule has 0 aliphatic heterocycles. The molecule has 0 aliphatic carbocycles. The number of aromatic nitrogens is 2. The second-order valence-electron chi connectivity index (χ2n) is 3.50. The lowest BCUT2D eigenvalue weighted by Gasteiger charge is -1.97. The van der Waals surface area contributed by atoms with Gasteiger partial charge in [-0.3, -0.25) is 5.10 Å². The van der Waals surface area contributed by atoms with E-state index in [9.17, 15) is 0 Å². The minimum absolute atomic E-state index is 0.0291. The zero-order chi connectivity index (χ0) is 10.8. The van der Waals surface area contributed by atoms with Gasteiger partial charge in [-0.25, -0.2) is 0 Å². The zero-order valence-corrected chi connectivity index (χ0v) is 9.12. The van der Waals surface area contributed by atoms with Gasteiger partial charge in [0.15, 0.2) is 0 Å². The van der Waals surface area contributed by atoms with Crippen molar-refractivity contribution in [1.82, 2.24) is 10.2 Å². The van der Waals surface area contributed by atoms with E-state index in [1.54, 1.807) is 0 Å². The molecule has 1 heterocycles. The van der Waals surface area contributed by atoms with Crippen LogP contribution in [-0.2, 0) is 0 Å². The molecule has 0 spiro atoms. The van der Waals surface area contributed by atoms with E-state index < -0.39 is 0 Å². The SMILES string of the molecule is CC(N)c1cc(-c2ccc(Cl)cc2)n[nH]1. The van der Waals surface area contributed by atoms with Gasteiger partial charge in [-0.2, -0.15) is 5.10 Å². The van der Waals surface area contributed by atoms with Gasteiger partial charge in [0.2, 0.25) is 0 Å². The Labute approximate surface area is 93.3 Å². The summed E-state index contributed by atoms with van der Waals surface area (Å²) in [6, 6.07) is 9.48. The zero-order valence-electron chi connectivity index (χ0n) is 8.37. The highest BCUT2D eigenvalue weighted by atomic mass is 35.5. The Morgan fingerprint density at radius 1 is 1.33 bits per heavy atom. The fourth-order valence-corrected chi connectivity index (χ4v) is 1.46. The second-order valence-corrected chi connectivity index (χ2v) is 3.94. The van der Waals surface area contributed by atoms with E-state index in [0.29, 0.717) is 0 Å². The summed E-state index contributed by atoms with van der Waals surface area (Å²) in [6.45, 7) is 1.92. The number of hydrogen-bond acceptors (Lipinski definition) is 2. The summed E-state index contributed by atoms with van der Waals surface area (Å²) in [5, 5.41) is 7.82. The highest BCUT2D eigenvalue weighted by molar-refractivity contribution is 6.30. The number of halogens is 1. The van der Waals surface area contributed by atoms with Gasteiger partial charge in [0.25, 0.3) is 0 Å². The van der Waals surface area contributed by atoms with Crippen molar-refractivity contribution in [2.75, 3.05) is 0 Å². The molecule has 0 radical (unpaired) electrons. The first-order valence-corrected chi connectivity index (χ1v) is 5.11. The van der Waals surface area contributed by atoms with Crippen molar-refractivity contribution in [2.45, 2.75) is 13.0 Å². The number of nitrogens with zero attached hydrogens (tertiary/aromatic N) is 1. The van der Waals surface area contributed by atoms with Crippen LogP contribution in [0.4, 0.5) is 0 Å². The summed E-state index contributed by atoms with van der Waals surface area (Å²) >= 11 is 5.81. The number of aromatic amines is 1. The van der Waals surface area contributed by atoms with E-state index in [1.165, 1.54) is 0 Å². The van der Waals surface area contributed by atoms with Crippen LogP contribution in [0.1, 0.15) is 18.7 Å². The molecule has 1 aromatic carbocycles. The molecular formula is C11H12ClN3. The van der Waals surface area contributed by atoms with Crippen molar-refractivity contribution >= 4 is 11.6 Å². The Morgan fingerprint density at radius 2 is 2.00 bits per heavy atom. The van der Waals surface area contributed by atoms with Gasteiger partial charge in [-0.05, 0) is 25.1 Å². The fraction of sp³-hybridized carbons (Fsp3) is 0.182. The summed E-state index contributed by atoms with van der Waals surface area (Å²) in [5.41, 5.74) is 8.59. The molecular weight excluding hydrogens is 210 g/mol. The Morgan fingerprint density at radius 3 is 2.53 bits per heavy atom. The quantitative estimate of drug-likeness (QED) is 0.820. The first-order chi connectivity index (χ1) is 7.16. The third kappa shape index (κ3) is 2.19.